The third kappa shape index (κ3) is 6.45. The van der Waals surface area contributed by atoms with Crippen molar-refractivity contribution in [1.29, 1.82) is 0 Å². The van der Waals surface area contributed by atoms with Gasteiger partial charge >= 0.3 is 0 Å². The van der Waals surface area contributed by atoms with Gasteiger partial charge in [0.05, 0.1) is 18.0 Å². The quantitative estimate of drug-likeness (QED) is 0.530. The highest BCUT2D eigenvalue weighted by Gasteiger charge is 2.31. The van der Waals surface area contributed by atoms with Gasteiger partial charge in [-0.15, -0.1) is 0 Å². The second-order valence-corrected chi connectivity index (χ2v) is 11.6. The number of aromatic nitrogens is 1. The van der Waals surface area contributed by atoms with Crippen LogP contribution < -0.4 is 0 Å². The molecule has 0 N–H and O–H groups in total. The summed E-state index contributed by atoms with van der Waals surface area (Å²) in [5.41, 5.74) is 3.47. The van der Waals surface area contributed by atoms with Crippen molar-refractivity contribution in [3.8, 4) is 0 Å². The molecule has 7 heteroatoms. The monoisotopic (exact) mass is 461 g/mol. The van der Waals surface area contributed by atoms with Gasteiger partial charge in [0.25, 0.3) is 0 Å². The van der Waals surface area contributed by atoms with E-state index in [2.05, 4.69) is 13.8 Å². The number of hydrogen-bond acceptors (Lipinski definition) is 3. The Morgan fingerprint density at radius 3 is 2.03 bits per heavy atom. The van der Waals surface area contributed by atoms with Crippen molar-refractivity contribution in [1.82, 2.24) is 13.8 Å². The number of carbonyl (C=O) groups is 1. The van der Waals surface area contributed by atoms with E-state index in [4.69, 9.17) is 0 Å². The highest BCUT2D eigenvalue weighted by atomic mass is 32.2. The fourth-order valence-electron chi connectivity index (χ4n) is 4.16. The van der Waals surface area contributed by atoms with Crippen molar-refractivity contribution >= 4 is 15.9 Å². The molecule has 0 spiro atoms. The number of rotatable bonds is 10. The molecule has 6 nitrogen and oxygen atoms in total. The van der Waals surface area contributed by atoms with Crippen LogP contribution in [0.2, 0.25) is 0 Å². The summed E-state index contributed by atoms with van der Waals surface area (Å²) in [6.07, 6.45) is 1.95. The van der Waals surface area contributed by atoms with Crippen molar-refractivity contribution in [2.24, 2.45) is 18.9 Å². The first-order chi connectivity index (χ1) is 14.8. The minimum atomic E-state index is -3.82. The predicted octanol–water partition coefficient (Wildman–Crippen LogP) is 4.28. The van der Waals surface area contributed by atoms with Crippen LogP contribution in [0, 0.1) is 32.6 Å². The molecule has 0 aliphatic carbocycles. The molecule has 0 atom stereocenters. The molecule has 2 rings (SSSR count). The number of carbonyl (C=O) groups excluding carboxylic acids is 1. The van der Waals surface area contributed by atoms with Crippen LogP contribution >= 0.6 is 0 Å². The lowest BCUT2D eigenvalue weighted by Crippen LogP contribution is -2.45. The fourth-order valence-corrected chi connectivity index (χ4v) is 6.12. The van der Waals surface area contributed by atoms with E-state index >= 15 is 0 Å². The van der Waals surface area contributed by atoms with Gasteiger partial charge in [-0.1, -0.05) is 45.4 Å². The molecule has 178 valence electrons. The maximum atomic E-state index is 13.7. The molecule has 0 aliphatic heterocycles. The number of benzene rings is 1. The van der Waals surface area contributed by atoms with Crippen LogP contribution in [0.4, 0.5) is 0 Å². The fraction of sp³-hybridized carbons (Fsp3) is 0.560. The maximum Gasteiger partial charge on any atom is 0.244 e. The summed E-state index contributed by atoms with van der Waals surface area (Å²) in [7, 11) is -1.87. The molecule has 1 aromatic heterocycles. The van der Waals surface area contributed by atoms with Crippen LogP contribution in [0.5, 0.6) is 0 Å². The smallest absolute Gasteiger partial charge is 0.244 e. The van der Waals surface area contributed by atoms with Gasteiger partial charge in [0.2, 0.25) is 15.9 Å². The second-order valence-electron chi connectivity index (χ2n) is 9.70. The Bertz CT molecular complexity index is 1020. The van der Waals surface area contributed by atoms with Crippen LogP contribution in [-0.2, 0) is 28.4 Å². The molecule has 0 bridgehead atoms. The minimum absolute atomic E-state index is 0.0926. The lowest BCUT2D eigenvalue weighted by Gasteiger charge is -2.30. The average Bonchev–Trinajstić information content (AvgIpc) is 3.03. The number of nitrogens with zero attached hydrogens (tertiary/aromatic N) is 3. The second kappa shape index (κ2) is 10.7. The summed E-state index contributed by atoms with van der Waals surface area (Å²) in [4.78, 5) is 15.5. The Balaban J connectivity index is 2.39. The van der Waals surface area contributed by atoms with E-state index < -0.39 is 10.0 Å². The Hall–Kier alpha value is -2.12. The standard InChI is InChI=1S/C25H39N3O3S/c1-18(2)14-27(16-23-10-9-11-26(23)8)24(29)17-28(15-19(3)4)32(30,31)25-21(6)12-20(5)13-22(25)7/h9-13,18-19H,14-17H2,1-8H3. The molecule has 1 heterocycles. The van der Waals surface area contributed by atoms with Gasteiger partial charge in [0.15, 0.2) is 0 Å². The summed E-state index contributed by atoms with van der Waals surface area (Å²) in [5.74, 6) is 0.192. The zero-order valence-electron chi connectivity index (χ0n) is 20.8. The Kier molecular flexibility index (Phi) is 8.71. The molecule has 0 radical (unpaired) electrons. The summed E-state index contributed by atoms with van der Waals surface area (Å²) in [6.45, 7) is 14.8. The van der Waals surface area contributed by atoms with Crippen LogP contribution in [0.25, 0.3) is 0 Å². The molecular formula is C25H39N3O3S. The maximum absolute atomic E-state index is 13.7. The lowest BCUT2D eigenvalue weighted by atomic mass is 10.1. The summed E-state index contributed by atoms with van der Waals surface area (Å²) < 4.78 is 30.8. The van der Waals surface area contributed by atoms with Crippen LogP contribution in [0.15, 0.2) is 35.4 Å². The Labute approximate surface area is 194 Å². The number of aryl methyl sites for hydroxylation is 4. The predicted molar refractivity (Wildman–Crippen MR) is 130 cm³/mol. The van der Waals surface area contributed by atoms with Gasteiger partial charge in [-0.3, -0.25) is 4.79 Å². The highest BCUT2D eigenvalue weighted by molar-refractivity contribution is 7.89. The zero-order chi connectivity index (χ0) is 24.2. The number of hydrogen-bond donors (Lipinski definition) is 0. The highest BCUT2D eigenvalue weighted by Crippen LogP contribution is 2.26. The van der Waals surface area contributed by atoms with Gasteiger partial charge in [-0.2, -0.15) is 4.31 Å². The Morgan fingerprint density at radius 1 is 1.00 bits per heavy atom. The molecule has 0 saturated carbocycles. The lowest BCUT2D eigenvalue weighted by molar-refractivity contribution is -0.132. The van der Waals surface area contributed by atoms with Crippen molar-refractivity contribution in [3.05, 3.63) is 52.8 Å². The van der Waals surface area contributed by atoms with E-state index in [0.29, 0.717) is 35.7 Å². The molecular weight excluding hydrogens is 422 g/mol. The summed E-state index contributed by atoms with van der Waals surface area (Å²) in [6, 6.07) is 7.71. The zero-order valence-corrected chi connectivity index (χ0v) is 21.7. The van der Waals surface area contributed by atoms with Crippen LogP contribution in [0.3, 0.4) is 0 Å². The van der Waals surface area contributed by atoms with Crippen molar-refractivity contribution in [3.63, 3.8) is 0 Å². The van der Waals surface area contributed by atoms with Crippen molar-refractivity contribution in [2.75, 3.05) is 19.6 Å². The number of sulfonamides is 1. The number of amides is 1. The molecule has 1 amide bonds. The normalized spacial score (nSPS) is 12.2. The van der Waals surface area contributed by atoms with Crippen molar-refractivity contribution in [2.45, 2.75) is 59.9 Å². The van der Waals surface area contributed by atoms with Gasteiger partial charge in [-0.25, -0.2) is 8.42 Å². The molecule has 0 aliphatic rings. The molecule has 0 fully saturated rings. The van der Waals surface area contributed by atoms with E-state index in [0.717, 1.165) is 11.3 Å². The largest absolute Gasteiger partial charge is 0.353 e. The molecule has 1 aromatic carbocycles. The first kappa shape index (κ1) is 26.1. The van der Waals surface area contributed by atoms with E-state index in [1.165, 1.54) is 4.31 Å². The van der Waals surface area contributed by atoms with E-state index in [9.17, 15) is 13.2 Å². The van der Waals surface area contributed by atoms with Gasteiger partial charge in [0.1, 0.15) is 0 Å². The van der Waals surface area contributed by atoms with E-state index in [1.54, 1.807) is 4.90 Å². The first-order valence-corrected chi connectivity index (χ1v) is 12.7. The van der Waals surface area contributed by atoms with Gasteiger partial charge in [-0.05, 0) is 55.9 Å². The molecule has 2 aromatic rings. The molecule has 0 unspecified atom stereocenters. The third-order valence-corrected chi connectivity index (χ3v) is 7.54. The summed E-state index contributed by atoms with van der Waals surface area (Å²) >= 11 is 0. The average molecular weight is 462 g/mol. The molecule has 0 saturated heterocycles. The van der Waals surface area contributed by atoms with Crippen LogP contribution in [0.1, 0.15) is 50.1 Å². The molecule has 32 heavy (non-hydrogen) atoms. The SMILES string of the molecule is Cc1cc(C)c(S(=O)(=O)N(CC(=O)N(Cc2cccn2C)CC(C)C)CC(C)C)c(C)c1. The minimum Gasteiger partial charge on any atom is -0.353 e. The summed E-state index contributed by atoms with van der Waals surface area (Å²) in [5, 5.41) is 0. The van der Waals surface area contributed by atoms with E-state index in [-0.39, 0.29) is 24.3 Å². The Morgan fingerprint density at radius 2 is 1.56 bits per heavy atom. The van der Waals surface area contributed by atoms with Gasteiger partial charge < -0.3 is 9.47 Å². The third-order valence-electron chi connectivity index (χ3n) is 5.43. The van der Waals surface area contributed by atoms with Crippen molar-refractivity contribution < 1.29 is 13.2 Å². The van der Waals surface area contributed by atoms with E-state index in [1.807, 2.05) is 76.7 Å². The topological polar surface area (TPSA) is 62.6 Å². The van der Waals surface area contributed by atoms with Crippen LogP contribution in [-0.4, -0.2) is 47.7 Å². The first-order valence-electron chi connectivity index (χ1n) is 11.3. The van der Waals surface area contributed by atoms with Gasteiger partial charge in [0, 0.05) is 32.0 Å².